The maximum Gasteiger partial charge on any atom is 0.246 e. The lowest BCUT2D eigenvalue weighted by Crippen LogP contribution is -2.66. The van der Waals surface area contributed by atoms with E-state index in [1.54, 1.807) is 4.90 Å². The standard InChI is InChI=1S/C14H19BrN2O2/c1-9-4-5-10(6-11(9)15)17-8-14(2,3)16-12(7-18)13(17)19/h4-6,12,16,18H,7-8H2,1-3H3. The quantitative estimate of drug-likeness (QED) is 0.871. The minimum Gasteiger partial charge on any atom is -0.394 e. The average Bonchev–Trinajstić information content (AvgIpc) is 2.35. The molecule has 1 aliphatic heterocycles. The number of carbonyl (C=O) groups is 1. The summed E-state index contributed by atoms with van der Waals surface area (Å²) < 4.78 is 0.981. The van der Waals surface area contributed by atoms with Crippen LogP contribution in [-0.2, 0) is 4.79 Å². The van der Waals surface area contributed by atoms with E-state index in [9.17, 15) is 9.90 Å². The van der Waals surface area contributed by atoms with Gasteiger partial charge < -0.3 is 10.0 Å². The number of aliphatic hydroxyl groups is 1. The predicted octanol–water partition coefficient (Wildman–Crippen LogP) is 1.83. The zero-order chi connectivity index (χ0) is 14.2. The maximum absolute atomic E-state index is 12.3. The Kier molecular flexibility index (Phi) is 3.99. The first kappa shape index (κ1) is 14.5. The molecule has 2 rings (SSSR count). The Morgan fingerprint density at radius 2 is 2.21 bits per heavy atom. The number of amides is 1. The van der Waals surface area contributed by atoms with Gasteiger partial charge in [0, 0.05) is 22.2 Å². The number of aryl methyl sites for hydroxylation is 1. The third-order valence-electron chi connectivity index (χ3n) is 3.33. The van der Waals surface area contributed by atoms with E-state index in [1.165, 1.54) is 0 Å². The molecule has 1 amide bonds. The molecule has 4 nitrogen and oxygen atoms in total. The highest BCUT2D eigenvalue weighted by molar-refractivity contribution is 9.10. The smallest absolute Gasteiger partial charge is 0.246 e. The second-order valence-corrected chi connectivity index (χ2v) is 6.48. The summed E-state index contributed by atoms with van der Waals surface area (Å²) in [5.74, 6) is -0.0856. The molecule has 1 atom stereocenters. The zero-order valence-corrected chi connectivity index (χ0v) is 13.0. The number of rotatable bonds is 2. The first-order chi connectivity index (χ1) is 8.84. The van der Waals surface area contributed by atoms with Crippen LogP contribution in [-0.4, -0.2) is 35.7 Å². The van der Waals surface area contributed by atoms with Crippen molar-refractivity contribution in [2.75, 3.05) is 18.1 Å². The van der Waals surface area contributed by atoms with Crippen LogP contribution in [0, 0.1) is 6.92 Å². The second kappa shape index (κ2) is 5.23. The van der Waals surface area contributed by atoms with Gasteiger partial charge in [-0.05, 0) is 38.5 Å². The van der Waals surface area contributed by atoms with E-state index in [0.717, 1.165) is 15.7 Å². The number of hydrogen-bond donors (Lipinski definition) is 2. The molecule has 1 fully saturated rings. The van der Waals surface area contributed by atoms with Gasteiger partial charge in [0.25, 0.3) is 0 Å². The Morgan fingerprint density at radius 3 is 2.79 bits per heavy atom. The van der Waals surface area contributed by atoms with Crippen LogP contribution >= 0.6 is 15.9 Å². The fraction of sp³-hybridized carbons (Fsp3) is 0.500. The van der Waals surface area contributed by atoms with E-state index in [4.69, 9.17) is 0 Å². The van der Waals surface area contributed by atoms with Crippen molar-refractivity contribution in [3.05, 3.63) is 28.2 Å². The topological polar surface area (TPSA) is 52.6 Å². The van der Waals surface area contributed by atoms with Crippen molar-refractivity contribution in [1.29, 1.82) is 0 Å². The summed E-state index contributed by atoms with van der Waals surface area (Å²) >= 11 is 3.49. The van der Waals surface area contributed by atoms with Crippen molar-refractivity contribution < 1.29 is 9.90 Å². The molecule has 1 saturated heterocycles. The highest BCUT2D eigenvalue weighted by atomic mass is 79.9. The summed E-state index contributed by atoms with van der Waals surface area (Å²) in [4.78, 5) is 14.1. The Balaban J connectivity index is 2.35. The van der Waals surface area contributed by atoms with Crippen LogP contribution in [0.3, 0.4) is 0 Å². The van der Waals surface area contributed by atoms with Crippen molar-refractivity contribution >= 4 is 27.5 Å². The van der Waals surface area contributed by atoms with Gasteiger partial charge in [-0.15, -0.1) is 0 Å². The van der Waals surface area contributed by atoms with Crippen molar-refractivity contribution in [2.45, 2.75) is 32.4 Å². The Bertz CT molecular complexity index is 502. The fourth-order valence-electron chi connectivity index (χ4n) is 2.33. The molecule has 1 unspecified atom stereocenters. The van der Waals surface area contributed by atoms with E-state index in [2.05, 4.69) is 21.2 Å². The van der Waals surface area contributed by atoms with E-state index in [1.807, 2.05) is 39.0 Å². The van der Waals surface area contributed by atoms with Crippen LogP contribution in [0.15, 0.2) is 22.7 Å². The van der Waals surface area contributed by atoms with Crippen LogP contribution in [0.1, 0.15) is 19.4 Å². The lowest BCUT2D eigenvalue weighted by Gasteiger charge is -2.42. The number of nitrogens with one attached hydrogen (secondary N) is 1. The van der Waals surface area contributed by atoms with Crippen molar-refractivity contribution in [3.63, 3.8) is 0 Å². The minimum atomic E-state index is -0.538. The number of halogens is 1. The maximum atomic E-state index is 12.3. The summed E-state index contributed by atoms with van der Waals surface area (Å²) in [6.07, 6.45) is 0. The highest BCUT2D eigenvalue weighted by Gasteiger charge is 2.38. The van der Waals surface area contributed by atoms with E-state index >= 15 is 0 Å². The number of benzene rings is 1. The Labute approximate surface area is 121 Å². The van der Waals surface area contributed by atoms with Crippen LogP contribution in [0.5, 0.6) is 0 Å². The number of hydrogen-bond acceptors (Lipinski definition) is 3. The molecule has 1 aromatic rings. The van der Waals surface area contributed by atoms with Crippen molar-refractivity contribution in [1.82, 2.24) is 5.32 Å². The molecule has 5 heteroatoms. The van der Waals surface area contributed by atoms with E-state index in [0.29, 0.717) is 6.54 Å². The van der Waals surface area contributed by atoms with Gasteiger partial charge in [0.2, 0.25) is 5.91 Å². The van der Waals surface area contributed by atoms with Gasteiger partial charge in [-0.1, -0.05) is 22.0 Å². The fourth-order valence-corrected chi connectivity index (χ4v) is 2.70. The number of anilines is 1. The summed E-state index contributed by atoms with van der Waals surface area (Å²) in [5, 5.41) is 12.5. The molecule has 0 bridgehead atoms. The summed E-state index contributed by atoms with van der Waals surface area (Å²) in [6.45, 7) is 6.45. The van der Waals surface area contributed by atoms with Crippen molar-refractivity contribution in [2.24, 2.45) is 0 Å². The first-order valence-electron chi connectivity index (χ1n) is 6.30. The zero-order valence-electron chi connectivity index (χ0n) is 11.4. The monoisotopic (exact) mass is 326 g/mol. The average molecular weight is 327 g/mol. The van der Waals surface area contributed by atoms with Crippen LogP contribution in [0.4, 0.5) is 5.69 Å². The van der Waals surface area contributed by atoms with Gasteiger partial charge in [0.15, 0.2) is 0 Å². The Morgan fingerprint density at radius 1 is 1.53 bits per heavy atom. The molecule has 1 aromatic carbocycles. The molecule has 0 aromatic heterocycles. The largest absolute Gasteiger partial charge is 0.394 e. The van der Waals surface area contributed by atoms with Gasteiger partial charge in [0.1, 0.15) is 6.04 Å². The third-order valence-corrected chi connectivity index (χ3v) is 4.19. The van der Waals surface area contributed by atoms with E-state index in [-0.39, 0.29) is 18.1 Å². The summed E-state index contributed by atoms with van der Waals surface area (Å²) in [5.41, 5.74) is 1.76. The van der Waals surface area contributed by atoms with Gasteiger partial charge in [-0.25, -0.2) is 0 Å². The van der Waals surface area contributed by atoms with Gasteiger partial charge in [0.05, 0.1) is 6.61 Å². The van der Waals surface area contributed by atoms with Gasteiger partial charge >= 0.3 is 0 Å². The number of carbonyl (C=O) groups excluding carboxylic acids is 1. The molecular weight excluding hydrogens is 308 g/mol. The van der Waals surface area contributed by atoms with Crippen LogP contribution in [0.2, 0.25) is 0 Å². The van der Waals surface area contributed by atoms with Gasteiger partial charge in [-0.2, -0.15) is 0 Å². The molecule has 19 heavy (non-hydrogen) atoms. The minimum absolute atomic E-state index is 0.0856. The normalized spacial score (nSPS) is 22.7. The molecule has 0 saturated carbocycles. The van der Waals surface area contributed by atoms with Crippen LogP contribution < -0.4 is 10.2 Å². The SMILES string of the molecule is Cc1ccc(N2CC(C)(C)NC(CO)C2=O)cc1Br. The molecule has 1 heterocycles. The molecule has 104 valence electrons. The third kappa shape index (κ3) is 2.99. The molecule has 2 N–H and O–H groups in total. The summed E-state index contributed by atoms with van der Waals surface area (Å²) in [7, 11) is 0. The lowest BCUT2D eigenvalue weighted by molar-refractivity contribution is -0.124. The molecule has 0 radical (unpaired) electrons. The molecule has 0 aliphatic carbocycles. The Hall–Kier alpha value is -0.910. The predicted molar refractivity (Wildman–Crippen MR) is 79.3 cm³/mol. The second-order valence-electron chi connectivity index (χ2n) is 5.62. The highest BCUT2D eigenvalue weighted by Crippen LogP contribution is 2.27. The number of nitrogens with zero attached hydrogens (tertiary/aromatic N) is 1. The molecule has 1 aliphatic rings. The lowest BCUT2D eigenvalue weighted by atomic mass is 9.97. The first-order valence-corrected chi connectivity index (χ1v) is 7.09. The van der Waals surface area contributed by atoms with Crippen molar-refractivity contribution in [3.8, 4) is 0 Å². The van der Waals surface area contributed by atoms with E-state index < -0.39 is 6.04 Å². The van der Waals surface area contributed by atoms with Crippen LogP contribution in [0.25, 0.3) is 0 Å². The molecular formula is C14H19BrN2O2. The number of piperazine rings is 1. The summed E-state index contributed by atoms with van der Waals surface area (Å²) in [6, 6.07) is 5.33. The molecule has 0 spiro atoms. The number of aliphatic hydroxyl groups excluding tert-OH is 1. The van der Waals surface area contributed by atoms with Gasteiger partial charge in [-0.3, -0.25) is 10.1 Å².